The molecule has 1 heterocycles. The van der Waals surface area contributed by atoms with Gasteiger partial charge in [0.2, 0.25) is 0 Å². The number of amides is 1. The molecule has 0 aliphatic rings. The lowest BCUT2D eigenvalue weighted by molar-refractivity contribution is 0.107. The summed E-state index contributed by atoms with van der Waals surface area (Å²) in [5.41, 5.74) is 1.97. The lowest BCUT2D eigenvalue weighted by Crippen LogP contribution is -2.29. The first-order chi connectivity index (χ1) is 16.5. The van der Waals surface area contributed by atoms with Crippen LogP contribution in [0.2, 0.25) is 0 Å². The number of ether oxygens (including phenoxy) is 2. The highest BCUT2D eigenvalue weighted by Gasteiger charge is 2.18. The number of rotatable bonds is 8. The molecule has 0 aliphatic heterocycles. The zero-order valence-electron chi connectivity index (χ0n) is 18.5. The molecule has 1 aromatic heterocycles. The largest absolute Gasteiger partial charge is 0.454 e. The SMILES string of the molecule is [C-]#[N+]c1cccc(Oc2c(F)cc3[nH]ccc3c2SCCN(C)C(=O)OCc2ccccc2)c1. The van der Waals surface area contributed by atoms with Gasteiger partial charge in [-0.2, -0.15) is 0 Å². The van der Waals surface area contributed by atoms with Crippen molar-refractivity contribution in [3.63, 3.8) is 0 Å². The first kappa shape index (κ1) is 23.2. The van der Waals surface area contributed by atoms with E-state index in [9.17, 15) is 9.18 Å². The van der Waals surface area contributed by atoms with Crippen LogP contribution in [0.5, 0.6) is 11.5 Å². The van der Waals surface area contributed by atoms with Crippen LogP contribution in [0.1, 0.15) is 5.56 Å². The van der Waals surface area contributed by atoms with Crippen LogP contribution in [0, 0.1) is 12.4 Å². The zero-order valence-corrected chi connectivity index (χ0v) is 19.3. The standard InChI is InChI=1S/C26H22FN3O3S/c1-28-19-9-6-10-20(15-19)33-24-22(27)16-23-21(11-12-29-23)25(24)34-14-13-30(2)26(31)32-17-18-7-4-3-5-8-18/h3-12,15-16,29H,13-14,17H2,2H3. The number of aromatic amines is 1. The van der Waals surface area contributed by atoms with Crippen LogP contribution in [0.4, 0.5) is 14.9 Å². The normalized spacial score (nSPS) is 10.6. The minimum Gasteiger partial charge on any atom is -0.454 e. The van der Waals surface area contributed by atoms with E-state index in [1.807, 2.05) is 36.4 Å². The van der Waals surface area contributed by atoms with Crippen LogP contribution >= 0.6 is 11.8 Å². The minimum atomic E-state index is -0.513. The molecule has 4 rings (SSSR count). The highest BCUT2D eigenvalue weighted by atomic mass is 32.2. The van der Waals surface area contributed by atoms with Gasteiger partial charge in [0, 0.05) is 42.5 Å². The van der Waals surface area contributed by atoms with Gasteiger partial charge < -0.3 is 19.4 Å². The number of fused-ring (bicyclic) bond motifs is 1. The molecule has 0 radical (unpaired) electrons. The number of hydrogen-bond acceptors (Lipinski definition) is 4. The third-order valence-electron chi connectivity index (χ3n) is 5.07. The second kappa shape index (κ2) is 10.8. The fraction of sp³-hybridized carbons (Fsp3) is 0.154. The summed E-state index contributed by atoms with van der Waals surface area (Å²) in [7, 11) is 1.67. The summed E-state index contributed by atoms with van der Waals surface area (Å²) in [6.07, 6.45) is 1.31. The van der Waals surface area contributed by atoms with Crippen LogP contribution in [-0.4, -0.2) is 35.3 Å². The molecule has 0 spiro atoms. The first-order valence-electron chi connectivity index (χ1n) is 10.5. The van der Waals surface area contributed by atoms with Crippen molar-refractivity contribution in [1.82, 2.24) is 9.88 Å². The van der Waals surface area contributed by atoms with Gasteiger partial charge in [0.1, 0.15) is 12.4 Å². The molecule has 8 heteroatoms. The average Bonchev–Trinajstić information content (AvgIpc) is 3.33. The van der Waals surface area contributed by atoms with Crippen molar-refractivity contribution in [2.75, 3.05) is 19.3 Å². The topological polar surface area (TPSA) is 58.9 Å². The van der Waals surface area contributed by atoms with Crippen molar-refractivity contribution < 1.29 is 18.7 Å². The Kier molecular flexibility index (Phi) is 7.35. The third-order valence-corrected chi connectivity index (χ3v) is 6.16. The molecule has 4 aromatic rings. The Morgan fingerprint density at radius 2 is 1.97 bits per heavy atom. The Bertz CT molecular complexity index is 1330. The summed E-state index contributed by atoms with van der Waals surface area (Å²) in [5.74, 6) is 0.458. The lowest BCUT2D eigenvalue weighted by atomic mass is 10.2. The first-order valence-corrected chi connectivity index (χ1v) is 11.5. The van der Waals surface area contributed by atoms with Gasteiger partial charge in [0.05, 0.1) is 11.5 Å². The Labute approximate surface area is 201 Å². The smallest absolute Gasteiger partial charge is 0.409 e. The molecule has 0 atom stereocenters. The number of hydrogen-bond donors (Lipinski definition) is 1. The van der Waals surface area contributed by atoms with E-state index in [1.165, 1.54) is 22.7 Å². The highest BCUT2D eigenvalue weighted by Crippen LogP contribution is 2.41. The summed E-state index contributed by atoms with van der Waals surface area (Å²) in [5, 5.41) is 0.817. The fourth-order valence-electron chi connectivity index (χ4n) is 3.30. The number of carbonyl (C=O) groups is 1. The summed E-state index contributed by atoms with van der Waals surface area (Å²) >= 11 is 1.39. The van der Waals surface area contributed by atoms with Crippen LogP contribution in [0.3, 0.4) is 0 Å². The van der Waals surface area contributed by atoms with Gasteiger partial charge in [-0.15, -0.1) is 11.8 Å². The van der Waals surface area contributed by atoms with Crippen molar-refractivity contribution in [2.45, 2.75) is 11.5 Å². The molecule has 0 saturated heterocycles. The predicted molar refractivity (Wildman–Crippen MR) is 131 cm³/mol. The molecule has 3 aromatic carbocycles. The van der Waals surface area contributed by atoms with Crippen LogP contribution in [0.25, 0.3) is 15.7 Å². The maximum Gasteiger partial charge on any atom is 0.409 e. The maximum absolute atomic E-state index is 15.0. The molecule has 34 heavy (non-hydrogen) atoms. The zero-order chi connectivity index (χ0) is 23.9. The Balaban J connectivity index is 1.45. The summed E-state index contributed by atoms with van der Waals surface area (Å²) in [6.45, 7) is 7.78. The molecule has 0 aliphatic carbocycles. The second-order valence-corrected chi connectivity index (χ2v) is 8.58. The molecule has 0 bridgehead atoms. The van der Waals surface area contributed by atoms with E-state index >= 15 is 0 Å². The monoisotopic (exact) mass is 475 g/mol. The van der Waals surface area contributed by atoms with E-state index < -0.39 is 11.9 Å². The van der Waals surface area contributed by atoms with Gasteiger partial charge in [0.15, 0.2) is 17.3 Å². The number of H-pyrrole nitrogens is 1. The van der Waals surface area contributed by atoms with Gasteiger partial charge in [0.25, 0.3) is 0 Å². The van der Waals surface area contributed by atoms with E-state index in [1.54, 1.807) is 37.5 Å². The summed E-state index contributed by atoms with van der Waals surface area (Å²) < 4.78 is 26.3. The summed E-state index contributed by atoms with van der Waals surface area (Å²) in [6, 6.07) is 19.3. The van der Waals surface area contributed by atoms with Gasteiger partial charge in [-0.3, -0.25) is 0 Å². The van der Waals surface area contributed by atoms with E-state index in [0.29, 0.717) is 34.1 Å². The van der Waals surface area contributed by atoms with Crippen molar-refractivity contribution in [3.05, 3.63) is 95.7 Å². The molecule has 172 valence electrons. The van der Waals surface area contributed by atoms with Crippen molar-refractivity contribution >= 4 is 34.4 Å². The quantitative estimate of drug-likeness (QED) is 0.220. The number of halogens is 1. The molecular weight excluding hydrogens is 453 g/mol. The van der Waals surface area contributed by atoms with E-state index in [-0.39, 0.29) is 12.4 Å². The van der Waals surface area contributed by atoms with Gasteiger partial charge in [-0.05, 0) is 23.8 Å². The van der Waals surface area contributed by atoms with E-state index in [2.05, 4.69) is 9.83 Å². The van der Waals surface area contributed by atoms with Crippen molar-refractivity contribution in [3.8, 4) is 11.5 Å². The third kappa shape index (κ3) is 5.50. The molecule has 0 fully saturated rings. The van der Waals surface area contributed by atoms with E-state index in [0.717, 1.165) is 10.9 Å². The highest BCUT2D eigenvalue weighted by molar-refractivity contribution is 7.99. The number of aromatic nitrogens is 1. The lowest BCUT2D eigenvalue weighted by Gasteiger charge is -2.18. The van der Waals surface area contributed by atoms with Crippen molar-refractivity contribution in [1.29, 1.82) is 0 Å². The fourth-order valence-corrected chi connectivity index (χ4v) is 4.47. The number of nitrogens with zero attached hydrogens (tertiary/aromatic N) is 2. The second-order valence-electron chi connectivity index (χ2n) is 7.48. The maximum atomic E-state index is 15.0. The average molecular weight is 476 g/mol. The van der Waals surface area contributed by atoms with Crippen molar-refractivity contribution in [2.24, 2.45) is 0 Å². The number of thioether (sulfide) groups is 1. The van der Waals surface area contributed by atoms with Crippen LogP contribution < -0.4 is 4.74 Å². The number of carbonyl (C=O) groups excluding carboxylic acids is 1. The molecule has 6 nitrogen and oxygen atoms in total. The Morgan fingerprint density at radius 1 is 1.15 bits per heavy atom. The number of nitrogens with one attached hydrogen (secondary N) is 1. The van der Waals surface area contributed by atoms with Gasteiger partial charge in [-0.25, -0.2) is 14.0 Å². The van der Waals surface area contributed by atoms with Crippen LogP contribution in [0.15, 0.2) is 77.8 Å². The van der Waals surface area contributed by atoms with Crippen LogP contribution in [-0.2, 0) is 11.3 Å². The van der Waals surface area contributed by atoms with Gasteiger partial charge in [-0.1, -0.05) is 42.5 Å². The molecule has 0 unspecified atom stereocenters. The molecule has 1 N–H and O–H groups in total. The summed E-state index contributed by atoms with van der Waals surface area (Å²) in [4.78, 5) is 20.9. The predicted octanol–water partition coefficient (Wildman–Crippen LogP) is 7.01. The molecule has 1 amide bonds. The Hall–Kier alpha value is -3.96. The number of benzene rings is 3. The minimum absolute atomic E-state index is 0.0912. The Morgan fingerprint density at radius 3 is 2.76 bits per heavy atom. The van der Waals surface area contributed by atoms with Gasteiger partial charge >= 0.3 is 6.09 Å². The molecular formula is C26H22FN3O3S. The molecule has 0 saturated carbocycles. The van der Waals surface area contributed by atoms with E-state index in [4.69, 9.17) is 16.0 Å².